The first-order chi connectivity index (χ1) is 10.2. The number of halogens is 2. The predicted molar refractivity (Wildman–Crippen MR) is 81.7 cm³/mol. The topological polar surface area (TPSA) is 51.0 Å². The molecule has 5 fully saturated rings. The van der Waals surface area contributed by atoms with Crippen LogP contribution in [0.4, 0.5) is 4.39 Å². The van der Waals surface area contributed by atoms with E-state index in [9.17, 15) is 4.39 Å². The summed E-state index contributed by atoms with van der Waals surface area (Å²) in [5, 5.41) is 7.47. The van der Waals surface area contributed by atoms with Gasteiger partial charge >= 0.3 is 0 Å². The zero-order valence-corrected chi connectivity index (χ0v) is 13.4. The van der Waals surface area contributed by atoms with Gasteiger partial charge in [0.05, 0.1) is 6.04 Å². The Morgan fingerprint density at radius 2 is 1.68 bits per heavy atom. The number of nitrogens with one attached hydrogen (secondary N) is 1. The summed E-state index contributed by atoms with van der Waals surface area (Å²) < 4.78 is 18.8. The minimum Gasteiger partial charge on any atom is -0.338 e. The molecular weight excluding hydrogens is 305 g/mol. The van der Waals surface area contributed by atoms with Crippen LogP contribution in [0.5, 0.6) is 0 Å². The van der Waals surface area contributed by atoms with E-state index >= 15 is 0 Å². The third-order valence-corrected chi connectivity index (χ3v) is 6.33. The second-order valence-corrected chi connectivity index (χ2v) is 7.95. The lowest BCUT2D eigenvalue weighted by atomic mass is 9.49. The number of hydrogen-bond donors (Lipinski definition) is 1. The molecule has 6 rings (SSSR count). The van der Waals surface area contributed by atoms with E-state index in [0.717, 1.165) is 23.6 Å². The molecule has 0 radical (unpaired) electrons. The molecule has 0 amide bonds. The molecule has 22 heavy (non-hydrogen) atoms. The Hall–Kier alpha value is -0.680. The third kappa shape index (κ3) is 2.20. The number of hydrogen-bond acceptors (Lipinski definition) is 4. The molecule has 0 aromatic carbocycles. The summed E-state index contributed by atoms with van der Waals surface area (Å²) in [4.78, 5) is 4.71. The number of rotatable bonds is 2. The molecule has 122 valence electrons. The van der Waals surface area contributed by atoms with Gasteiger partial charge < -0.3 is 9.84 Å². The van der Waals surface area contributed by atoms with Gasteiger partial charge in [-0.25, -0.2) is 4.39 Å². The summed E-state index contributed by atoms with van der Waals surface area (Å²) in [6, 6.07) is -0.0878. The van der Waals surface area contributed by atoms with Gasteiger partial charge in [-0.1, -0.05) is 5.16 Å². The molecule has 1 aromatic rings. The van der Waals surface area contributed by atoms with Crippen molar-refractivity contribution in [2.75, 3.05) is 6.54 Å². The van der Waals surface area contributed by atoms with E-state index < -0.39 is 6.17 Å². The number of nitrogens with zero attached hydrogens (tertiary/aromatic N) is 2. The highest BCUT2D eigenvalue weighted by Crippen LogP contribution is 2.60. The Kier molecular flexibility index (Phi) is 3.49. The number of aromatic nitrogens is 2. The molecule has 2 atom stereocenters. The molecule has 1 saturated heterocycles. The minimum atomic E-state index is -0.787. The highest BCUT2D eigenvalue weighted by Gasteiger charge is 2.54. The van der Waals surface area contributed by atoms with E-state index in [-0.39, 0.29) is 23.9 Å². The average molecular weight is 328 g/mol. The first-order valence-corrected chi connectivity index (χ1v) is 8.42. The smallest absolute Gasteiger partial charge is 0.243 e. The SMILES string of the molecule is Cl.F[C@@H]1CN[C@@H](c2nc(C34CC5CC(CC(C5)C3)C4)no2)C1. The lowest BCUT2D eigenvalue weighted by Gasteiger charge is -2.55. The fourth-order valence-electron chi connectivity index (χ4n) is 5.86. The molecular formula is C16H23ClFN3O. The summed E-state index contributed by atoms with van der Waals surface area (Å²) in [6.45, 7) is 0.403. The molecule has 1 aliphatic heterocycles. The maximum Gasteiger partial charge on any atom is 0.243 e. The molecule has 0 unspecified atom stereocenters. The third-order valence-electron chi connectivity index (χ3n) is 6.33. The molecule has 1 aromatic heterocycles. The molecule has 6 heteroatoms. The van der Waals surface area contributed by atoms with Gasteiger partial charge in [-0.05, 0) is 56.3 Å². The Morgan fingerprint density at radius 1 is 1.05 bits per heavy atom. The van der Waals surface area contributed by atoms with Crippen molar-refractivity contribution in [3.63, 3.8) is 0 Å². The Labute approximate surface area is 136 Å². The van der Waals surface area contributed by atoms with Crippen LogP contribution in [-0.4, -0.2) is 22.9 Å². The first-order valence-electron chi connectivity index (χ1n) is 8.42. The van der Waals surface area contributed by atoms with E-state index in [2.05, 4.69) is 10.5 Å². The quantitative estimate of drug-likeness (QED) is 0.905. The molecule has 4 nitrogen and oxygen atoms in total. The molecule has 2 heterocycles. The van der Waals surface area contributed by atoms with Crippen LogP contribution < -0.4 is 5.32 Å². The van der Waals surface area contributed by atoms with Crippen LogP contribution >= 0.6 is 12.4 Å². The summed E-state index contributed by atoms with van der Waals surface area (Å²) in [5.74, 6) is 4.13. The fraction of sp³-hybridized carbons (Fsp3) is 0.875. The monoisotopic (exact) mass is 327 g/mol. The van der Waals surface area contributed by atoms with Crippen molar-refractivity contribution in [1.29, 1.82) is 0 Å². The Balaban J connectivity index is 0.00000125. The summed E-state index contributed by atoms with van der Waals surface area (Å²) in [7, 11) is 0. The van der Waals surface area contributed by atoms with Gasteiger partial charge in [0.1, 0.15) is 6.17 Å². The lowest BCUT2D eigenvalue weighted by Crippen LogP contribution is -2.49. The largest absolute Gasteiger partial charge is 0.338 e. The Bertz CT molecular complexity index is 528. The molecule has 5 aliphatic rings. The van der Waals surface area contributed by atoms with Gasteiger partial charge in [0.25, 0.3) is 0 Å². The summed E-state index contributed by atoms with van der Waals surface area (Å²) in [5.41, 5.74) is 0.171. The normalized spacial score (nSPS) is 46.0. The van der Waals surface area contributed by atoms with Crippen molar-refractivity contribution < 1.29 is 8.91 Å². The van der Waals surface area contributed by atoms with Crippen molar-refractivity contribution in [1.82, 2.24) is 15.5 Å². The second kappa shape index (κ2) is 5.17. The van der Waals surface area contributed by atoms with Gasteiger partial charge in [0.15, 0.2) is 5.82 Å². The highest BCUT2D eigenvalue weighted by molar-refractivity contribution is 5.85. The minimum absolute atomic E-state index is 0. The Morgan fingerprint density at radius 3 is 2.23 bits per heavy atom. The van der Waals surface area contributed by atoms with Crippen LogP contribution in [-0.2, 0) is 5.41 Å². The van der Waals surface area contributed by atoms with E-state index in [1.165, 1.54) is 38.5 Å². The van der Waals surface area contributed by atoms with Gasteiger partial charge in [-0.2, -0.15) is 4.98 Å². The van der Waals surface area contributed by atoms with Gasteiger partial charge in [0.2, 0.25) is 5.89 Å². The maximum absolute atomic E-state index is 13.3. The molecule has 4 aliphatic carbocycles. The number of alkyl halides is 1. The first kappa shape index (κ1) is 14.9. The molecule has 1 N–H and O–H groups in total. The standard InChI is InChI=1S/C16H22FN3O.ClH/c17-12-4-13(18-8-12)14-19-15(20-21-14)16-5-9-1-10(6-16)3-11(2-9)7-16;/h9-13,18H,1-8H2;1H/t9?,10?,11?,12-,13+,16?;/m0./s1. The zero-order valence-electron chi connectivity index (χ0n) is 12.6. The van der Waals surface area contributed by atoms with Crippen LogP contribution in [0.2, 0.25) is 0 Å². The van der Waals surface area contributed by atoms with Crippen LogP contribution in [0, 0.1) is 17.8 Å². The summed E-state index contributed by atoms with van der Waals surface area (Å²) in [6.07, 6.45) is 7.63. The van der Waals surface area contributed by atoms with E-state index in [4.69, 9.17) is 9.51 Å². The van der Waals surface area contributed by atoms with Gasteiger partial charge in [0, 0.05) is 18.4 Å². The molecule has 4 saturated carbocycles. The molecule has 0 spiro atoms. The van der Waals surface area contributed by atoms with Crippen LogP contribution in [0.15, 0.2) is 4.52 Å². The van der Waals surface area contributed by atoms with Crippen molar-refractivity contribution in [2.24, 2.45) is 17.8 Å². The van der Waals surface area contributed by atoms with Gasteiger partial charge in [-0.3, -0.25) is 0 Å². The second-order valence-electron chi connectivity index (χ2n) is 7.95. The molecule has 4 bridgehead atoms. The van der Waals surface area contributed by atoms with Crippen molar-refractivity contribution in [3.8, 4) is 0 Å². The van der Waals surface area contributed by atoms with E-state index in [0.29, 0.717) is 18.9 Å². The van der Waals surface area contributed by atoms with E-state index in [1.807, 2.05) is 0 Å². The van der Waals surface area contributed by atoms with Crippen molar-refractivity contribution in [3.05, 3.63) is 11.7 Å². The highest BCUT2D eigenvalue weighted by atomic mass is 35.5. The summed E-state index contributed by atoms with van der Waals surface area (Å²) >= 11 is 0. The van der Waals surface area contributed by atoms with Crippen LogP contribution in [0.25, 0.3) is 0 Å². The predicted octanol–water partition coefficient (Wildman–Crippen LogP) is 3.33. The van der Waals surface area contributed by atoms with Gasteiger partial charge in [-0.15, -0.1) is 12.4 Å². The van der Waals surface area contributed by atoms with Crippen LogP contribution in [0.1, 0.15) is 62.7 Å². The van der Waals surface area contributed by atoms with Crippen molar-refractivity contribution in [2.45, 2.75) is 62.6 Å². The van der Waals surface area contributed by atoms with E-state index in [1.54, 1.807) is 0 Å². The zero-order chi connectivity index (χ0) is 14.0. The van der Waals surface area contributed by atoms with Crippen LogP contribution in [0.3, 0.4) is 0 Å². The van der Waals surface area contributed by atoms with Crippen molar-refractivity contribution >= 4 is 12.4 Å². The average Bonchev–Trinajstić information content (AvgIpc) is 3.05. The fourth-order valence-corrected chi connectivity index (χ4v) is 5.86. The maximum atomic E-state index is 13.3. The lowest BCUT2D eigenvalue weighted by molar-refractivity contribution is -0.0103.